The summed E-state index contributed by atoms with van der Waals surface area (Å²) in [5.41, 5.74) is 6.81. The van der Waals surface area contributed by atoms with Crippen molar-refractivity contribution in [2.75, 3.05) is 29.1 Å². The Kier molecular flexibility index (Phi) is 3.90. The van der Waals surface area contributed by atoms with E-state index in [1.165, 1.54) is 6.20 Å². The van der Waals surface area contributed by atoms with Crippen LogP contribution in [0.25, 0.3) is 0 Å². The number of hydrogen-bond acceptors (Lipinski definition) is 5. The van der Waals surface area contributed by atoms with Gasteiger partial charge in [-0.1, -0.05) is 6.92 Å². The van der Waals surface area contributed by atoms with Crippen LogP contribution in [-0.4, -0.2) is 31.5 Å². The van der Waals surface area contributed by atoms with E-state index in [-0.39, 0.29) is 11.5 Å². The van der Waals surface area contributed by atoms with Gasteiger partial charge in [0.2, 0.25) is 0 Å². The standard InChI is InChI=1S/C9H15N3O2S/c1-2-15(13,14)4-3-12-9-5-8(10)6-11-7-9/h5-7,12H,2-4,10H2,1H3. The number of anilines is 2. The first kappa shape index (κ1) is 11.8. The number of nitrogens with two attached hydrogens (primary N) is 1. The second kappa shape index (κ2) is 4.97. The van der Waals surface area contributed by atoms with Crippen LogP contribution in [0, 0.1) is 0 Å². The van der Waals surface area contributed by atoms with E-state index in [0.717, 1.165) is 5.69 Å². The Morgan fingerprint density at radius 3 is 2.80 bits per heavy atom. The highest BCUT2D eigenvalue weighted by atomic mass is 32.2. The molecule has 0 atom stereocenters. The molecule has 6 heteroatoms. The van der Waals surface area contributed by atoms with Gasteiger partial charge in [0, 0.05) is 18.5 Å². The minimum Gasteiger partial charge on any atom is -0.397 e. The molecule has 0 aromatic carbocycles. The minimum atomic E-state index is -2.91. The zero-order chi connectivity index (χ0) is 11.3. The van der Waals surface area contributed by atoms with Crippen molar-refractivity contribution >= 4 is 21.2 Å². The fourth-order valence-corrected chi connectivity index (χ4v) is 1.75. The zero-order valence-electron chi connectivity index (χ0n) is 8.60. The fraction of sp³-hybridized carbons (Fsp3) is 0.444. The molecule has 0 aliphatic rings. The summed E-state index contributed by atoms with van der Waals surface area (Å²) in [6.07, 6.45) is 3.14. The molecule has 1 rings (SSSR count). The predicted molar refractivity (Wildman–Crippen MR) is 61.5 cm³/mol. The van der Waals surface area contributed by atoms with Crippen LogP contribution in [0.15, 0.2) is 18.5 Å². The summed E-state index contributed by atoms with van der Waals surface area (Å²) in [4.78, 5) is 3.88. The third kappa shape index (κ3) is 4.16. The number of nitrogens with one attached hydrogen (secondary N) is 1. The topological polar surface area (TPSA) is 85.1 Å². The lowest BCUT2D eigenvalue weighted by atomic mass is 10.4. The first-order valence-electron chi connectivity index (χ1n) is 4.68. The van der Waals surface area contributed by atoms with Crippen molar-refractivity contribution in [3.05, 3.63) is 18.5 Å². The number of sulfone groups is 1. The van der Waals surface area contributed by atoms with Crippen LogP contribution in [0.4, 0.5) is 11.4 Å². The molecule has 0 amide bonds. The van der Waals surface area contributed by atoms with Gasteiger partial charge in [-0.3, -0.25) is 4.98 Å². The molecule has 1 heterocycles. The van der Waals surface area contributed by atoms with E-state index in [0.29, 0.717) is 12.2 Å². The smallest absolute Gasteiger partial charge is 0.151 e. The number of nitrogen functional groups attached to an aromatic ring is 1. The maximum atomic E-state index is 11.2. The summed E-state index contributed by atoms with van der Waals surface area (Å²) in [5, 5.41) is 2.95. The molecule has 5 nitrogen and oxygen atoms in total. The van der Waals surface area contributed by atoms with Crippen LogP contribution in [-0.2, 0) is 9.84 Å². The molecule has 15 heavy (non-hydrogen) atoms. The molecule has 0 aliphatic heterocycles. The van der Waals surface area contributed by atoms with E-state index in [4.69, 9.17) is 5.73 Å². The SMILES string of the molecule is CCS(=O)(=O)CCNc1cncc(N)c1. The highest BCUT2D eigenvalue weighted by molar-refractivity contribution is 7.91. The molecular formula is C9H15N3O2S. The van der Waals surface area contributed by atoms with Gasteiger partial charge in [-0.2, -0.15) is 0 Å². The Bertz CT molecular complexity index is 417. The molecule has 0 aliphatic carbocycles. The summed E-state index contributed by atoms with van der Waals surface area (Å²) in [7, 11) is -2.91. The van der Waals surface area contributed by atoms with Crippen molar-refractivity contribution in [3.8, 4) is 0 Å². The second-order valence-electron chi connectivity index (χ2n) is 3.17. The van der Waals surface area contributed by atoms with E-state index in [1.807, 2.05) is 0 Å². The first-order chi connectivity index (χ1) is 7.03. The van der Waals surface area contributed by atoms with Crippen molar-refractivity contribution in [2.45, 2.75) is 6.92 Å². The number of aromatic nitrogens is 1. The largest absolute Gasteiger partial charge is 0.397 e. The first-order valence-corrected chi connectivity index (χ1v) is 6.50. The monoisotopic (exact) mass is 229 g/mol. The summed E-state index contributed by atoms with van der Waals surface area (Å²) in [6, 6.07) is 1.71. The van der Waals surface area contributed by atoms with Gasteiger partial charge in [0.15, 0.2) is 9.84 Å². The van der Waals surface area contributed by atoms with Crippen molar-refractivity contribution < 1.29 is 8.42 Å². The quantitative estimate of drug-likeness (QED) is 0.768. The van der Waals surface area contributed by atoms with Crippen molar-refractivity contribution in [2.24, 2.45) is 0 Å². The van der Waals surface area contributed by atoms with Gasteiger partial charge in [0.25, 0.3) is 0 Å². The Hall–Kier alpha value is -1.30. The molecule has 84 valence electrons. The second-order valence-corrected chi connectivity index (χ2v) is 5.64. The molecule has 0 saturated heterocycles. The molecule has 1 aromatic heterocycles. The summed E-state index contributed by atoms with van der Waals surface area (Å²) in [5.74, 6) is 0.294. The Balaban J connectivity index is 2.45. The molecular weight excluding hydrogens is 214 g/mol. The average Bonchev–Trinajstić information content (AvgIpc) is 2.18. The maximum Gasteiger partial charge on any atom is 0.151 e. The lowest BCUT2D eigenvalue weighted by Crippen LogP contribution is -2.17. The van der Waals surface area contributed by atoms with Gasteiger partial charge in [-0.15, -0.1) is 0 Å². The lowest BCUT2D eigenvalue weighted by molar-refractivity contribution is 0.597. The van der Waals surface area contributed by atoms with Crippen molar-refractivity contribution in [1.82, 2.24) is 4.98 Å². The Morgan fingerprint density at radius 2 is 2.20 bits per heavy atom. The summed E-state index contributed by atoms with van der Waals surface area (Å²) >= 11 is 0. The molecule has 0 radical (unpaired) electrons. The molecule has 0 bridgehead atoms. The van der Waals surface area contributed by atoms with Crippen LogP contribution in [0.1, 0.15) is 6.92 Å². The van der Waals surface area contributed by atoms with E-state index in [1.54, 1.807) is 19.2 Å². The lowest BCUT2D eigenvalue weighted by Gasteiger charge is -2.06. The van der Waals surface area contributed by atoms with Gasteiger partial charge < -0.3 is 11.1 Å². The highest BCUT2D eigenvalue weighted by Crippen LogP contribution is 2.08. The van der Waals surface area contributed by atoms with Crippen LogP contribution in [0.3, 0.4) is 0 Å². The van der Waals surface area contributed by atoms with E-state index in [2.05, 4.69) is 10.3 Å². The van der Waals surface area contributed by atoms with Gasteiger partial charge in [-0.25, -0.2) is 8.42 Å². The Labute approximate surface area is 89.6 Å². The normalized spacial score (nSPS) is 11.3. The number of pyridine rings is 1. The molecule has 0 fully saturated rings. The predicted octanol–water partition coefficient (Wildman–Crippen LogP) is 0.510. The Morgan fingerprint density at radius 1 is 1.47 bits per heavy atom. The fourth-order valence-electron chi connectivity index (χ4n) is 1.05. The molecule has 0 spiro atoms. The van der Waals surface area contributed by atoms with Gasteiger partial charge in [0.1, 0.15) is 0 Å². The molecule has 1 aromatic rings. The zero-order valence-corrected chi connectivity index (χ0v) is 9.42. The van der Waals surface area contributed by atoms with Gasteiger partial charge >= 0.3 is 0 Å². The third-order valence-electron chi connectivity index (χ3n) is 1.94. The van der Waals surface area contributed by atoms with Crippen molar-refractivity contribution in [1.29, 1.82) is 0 Å². The molecule has 3 N–H and O–H groups in total. The molecule has 0 unspecified atom stereocenters. The van der Waals surface area contributed by atoms with Crippen LogP contribution in [0.5, 0.6) is 0 Å². The maximum absolute atomic E-state index is 11.2. The van der Waals surface area contributed by atoms with Crippen LogP contribution in [0.2, 0.25) is 0 Å². The summed E-state index contributed by atoms with van der Waals surface area (Å²) in [6.45, 7) is 2.01. The minimum absolute atomic E-state index is 0.123. The van der Waals surface area contributed by atoms with Gasteiger partial charge in [0.05, 0.1) is 23.3 Å². The third-order valence-corrected chi connectivity index (χ3v) is 3.65. The van der Waals surface area contributed by atoms with Gasteiger partial charge in [-0.05, 0) is 6.07 Å². The van der Waals surface area contributed by atoms with E-state index >= 15 is 0 Å². The number of hydrogen-bond donors (Lipinski definition) is 2. The van der Waals surface area contributed by atoms with Crippen LogP contribution < -0.4 is 11.1 Å². The summed E-state index contributed by atoms with van der Waals surface area (Å²) < 4.78 is 22.4. The highest BCUT2D eigenvalue weighted by Gasteiger charge is 2.06. The van der Waals surface area contributed by atoms with E-state index in [9.17, 15) is 8.42 Å². The van der Waals surface area contributed by atoms with Crippen LogP contribution >= 0.6 is 0 Å². The van der Waals surface area contributed by atoms with Crippen molar-refractivity contribution in [3.63, 3.8) is 0 Å². The number of rotatable bonds is 5. The average molecular weight is 229 g/mol. The number of nitrogens with zero attached hydrogens (tertiary/aromatic N) is 1. The molecule has 0 saturated carbocycles. The van der Waals surface area contributed by atoms with E-state index < -0.39 is 9.84 Å².